The van der Waals surface area contributed by atoms with Crippen molar-refractivity contribution in [2.24, 2.45) is 10.2 Å². The third kappa shape index (κ3) is 10.3. The third-order valence-electron chi connectivity index (χ3n) is 3.87. The molecule has 0 saturated carbocycles. The molecule has 5 heteroatoms. The average molecular weight is 422 g/mol. The zero-order valence-corrected chi connectivity index (χ0v) is 19.7. The van der Waals surface area contributed by atoms with E-state index >= 15 is 0 Å². The average Bonchev–Trinajstić information content (AvgIpc) is 2.80. The van der Waals surface area contributed by atoms with Crippen molar-refractivity contribution >= 4 is 28.6 Å². The summed E-state index contributed by atoms with van der Waals surface area (Å²) in [6, 6.07) is 16.7. The van der Waals surface area contributed by atoms with Crippen molar-refractivity contribution in [2.75, 3.05) is 18.0 Å². The Morgan fingerprint density at radius 2 is 1.10 bits per heavy atom. The van der Waals surface area contributed by atoms with Gasteiger partial charge in [-0.05, 0) is 61.4 Å². The second kappa shape index (κ2) is 15.5. The molecule has 0 aliphatic heterocycles. The summed E-state index contributed by atoms with van der Waals surface area (Å²) in [7, 11) is 0. The summed E-state index contributed by atoms with van der Waals surface area (Å²) in [6.07, 6.45) is 0. The normalized spacial score (nSPS) is 9.61. The fourth-order valence-electron chi connectivity index (χ4n) is 2.20. The molecule has 2 aromatic rings. The first kappa shape index (κ1) is 27.7. The number of azo groups is 1. The van der Waals surface area contributed by atoms with E-state index in [1.54, 1.807) is 30.9 Å². The van der Waals surface area contributed by atoms with Crippen LogP contribution in [0.1, 0.15) is 41.5 Å². The molecule has 5 nitrogen and oxygen atoms in total. The molecule has 166 valence electrons. The fourth-order valence-corrected chi connectivity index (χ4v) is 2.20. The van der Waals surface area contributed by atoms with Gasteiger partial charge in [-0.3, -0.25) is 9.59 Å². The first-order valence-electron chi connectivity index (χ1n) is 10.6. The fraction of sp³-hybridized carbons (Fsp3) is 0.308. The van der Waals surface area contributed by atoms with Gasteiger partial charge in [0.05, 0.1) is 24.5 Å². The monoisotopic (exact) mass is 421 g/mol. The number of nitrogens with zero attached hydrogens (tertiary/aromatic N) is 3. The first-order valence-corrected chi connectivity index (χ1v) is 10.6. The number of carbonyl (C=O) groups excluding carboxylic acids is 2. The zero-order chi connectivity index (χ0) is 23.8. The molecule has 0 N–H and O–H groups in total. The Hall–Kier alpha value is -3.34. The number of hydrogen-bond acceptors (Lipinski definition) is 5. The van der Waals surface area contributed by atoms with Gasteiger partial charge in [0.2, 0.25) is 0 Å². The van der Waals surface area contributed by atoms with Crippen molar-refractivity contribution < 1.29 is 9.59 Å². The summed E-state index contributed by atoms with van der Waals surface area (Å²) >= 11 is 0. The lowest BCUT2D eigenvalue weighted by atomic mass is 10.1. The van der Waals surface area contributed by atoms with E-state index in [2.05, 4.69) is 23.4 Å². The van der Waals surface area contributed by atoms with Crippen LogP contribution < -0.4 is 4.90 Å². The maximum atomic E-state index is 12.1. The van der Waals surface area contributed by atoms with Crippen molar-refractivity contribution in [3.8, 4) is 0 Å². The predicted octanol–water partition coefficient (Wildman–Crippen LogP) is 7.25. The van der Waals surface area contributed by atoms with Gasteiger partial charge in [-0.1, -0.05) is 59.1 Å². The molecule has 0 spiro atoms. The highest BCUT2D eigenvalue weighted by Crippen LogP contribution is 2.22. The molecule has 0 radical (unpaired) electrons. The molecule has 0 fully saturated rings. The van der Waals surface area contributed by atoms with Crippen LogP contribution >= 0.6 is 0 Å². The number of hydrogen-bond donors (Lipinski definition) is 0. The molecule has 0 amide bonds. The molecule has 0 heterocycles. The molecule has 0 aliphatic carbocycles. The summed E-state index contributed by atoms with van der Waals surface area (Å²) in [5.41, 5.74) is 3.10. The number of ketones is 2. The van der Waals surface area contributed by atoms with Crippen LogP contribution in [0.3, 0.4) is 0 Å². The highest BCUT2D eigenvalue weighted by molar-refractivity contribution is 6.01. The summed E-state index contributed by atoms with van der Waals surface area (Å²) in [5.74, 6) is -0.227. The Kier molecular flexibility index (Phi) is 13.8. The summed E-state index contributed by atoms with van der Waals surface area (Å²) < 4.78 is 0. The minimum absolute atomic E-state index is 0.0826. The van der Waals surface area contributed by atoms with Gasteiger partial charge >= 0.3 is 0 Å². The van der Waals surface area contributed by atoms with E-state index in [0.29, 0.717) is 16.8 Å². The maximum absolute atomic E-state index is 12.1. The Bertz CT molecular complexity index is 841. The topological polar surface area (TPSA) is 62.1 Å². The minimum Gasteiger partial charge on any atom is -0.356 e. The summed E-state index contributed by atoms with van der Waals surface area (Å²) in [5, 5.41) is 8.37. The van der Waals surface area contributed by atoms with Crippen LogP contribution in [0.2, 0.25) is 0 Å². The zero-order valence-electron chi connectivity index (χ0n) is 19.7. The van der Waals surface area contributed by atoms with Crippen molar-refractivity contribution in [3.63, 3.8) is 0 Å². The van der Waals surface area contributed by atoms with E-state index in [0.717, 1.165) is 11.4 Å². The van der Waals surface area contributed by atoms with E-state index in [1.165, 1.54) is 0 Å². The second-order valence-electron chi connectivity index (χ2n) is 6.32. The minimum atomic E-state index is -0.114. The number of carbonyl (C=O) groups is 2. The van der Waals surface area contributed by atoms with Gasteiger partial charge in [-0.25, -0.2) is 0 Å². The van der Waals surface area contributed by atoms with Crippen molar-refractivity contribution in [2.45, 2.75) is 41.5 Å². The molecule has 2 rings (SSSR count). The number of anilines is 1. The second-order valence-corrected chi connectivity index (χ2v) is 6.32. The first-order chi connectivity index (χ1) is 14.9. The van der Waals surface area contributed by atoms with E-state index in [9.17, 15) is 9.59 Å². The highest BCUT2D eigenvalue weighted by atomic mass is 16.1. The quantitative estimate of drug-likeness (QED) is 0.316. The van der Waals surface area contributed by atoms with Crippen LogP contribution in [0.25, 0.3) is 0 Å². The molecule has 0 bridgehead atoms. The van der Waals surface area contributed by atoms with Crippen LogP contribution in [0.5, 0.6) is 0 Å². The van der Waals surface area contributed by atoms with Gasteiger partial charge in [0.15, 0.2) is 11.6 Å². The van der Waals surface area contributed by atoms with Crippen LogP contribution in [0.4, 0.5) is 17.1 Å². The standard InChI is InChI=1S/C22H23N3O2.2C2H6/c1-16(2)21(26)14-25(15-22(27)17(3)4)20-12-10-19(11-13-20)24-23-18-8-6-5-7-9-18;2*1-2/h5-13H,1,3,14-15H2,2,4H3;2*1-2H3. The predicted molar refractivity (Wildman–Crippen MR) is 132 cm³/mol. The van der Waals surface area contributed by atoms with Gasteiger partial charge < -0.3 is 4.90 Å². The van der Waals surface area contributed by atoms with Crippen LogP contribution in [0, 0.1) is 0 Å². The number of rotatable bonds is 9. The van der Waals surface area contributed by atoms with Crippen LogP contribution in [0.15, 0.2) is 89.1 Å². The van der Waals surface area contributed by atoms with Crippen molar-refractivity contribution in [3.05, 3.63) is 78.9 Å². The maximum Gasteiger partial charge on any atom is 0.177 e. The smallest absolute Gasteiger partial charge is 0.177 e. The summed E-state index contributed by atoms with van der Waals surface area (Å²) in [6.45, 7) is 18.8. The number of Topliss-reactive ketones (excluding diaryl/α,β-unsaturated/α-hetero) is 2. The lowest BCUT2D eigenvalue weighted by molar-refractivity contribution is -0.115. The highest BCUT2D eigenvalue weighted by Gasteiger charge is 2.16. The van der Waals surface area contributed by atoms with Crippen molar-refractivity contribution in [1.29, 1.82) is 0 Å². The van der Waals surface area contributed by atoms with Gasteiger partial charge in [0, 0.05) is 5.69 Å². The van der Waals surface area contributed by atoms with Gasteiger partial charge in [0.25, 0.3) is 0 Å². The van der Waals surface area contributed by atoms with E-state index < -0.39 is 0 Å². The molecular weight excluding hydrogens is 386 g/mol. The molecule has 0 aromatic heterocycles. The number of benzene rings is 2. The van der Waals surface area contributed by atoms with Crippen LogP contribution in [-0.2, 0) is 9.59 Å². The largest absolute Gasteiger partial charge is 0.356 e. The van der Waals surface area contributed by atoms with Crippen molar-refractivity contribution in [1.82, 2.24) is 0 Å². The molecule has 31 heavy (non-hydrogen) atoms. The van der Waals surface area contributed by atoms with Crippen LogP contribution in [-0.4, -0.2) is 24.7 Å². The molecule has 0 saturated heterocycles. The molecule has 2 aromatic carbocycles. The third-order valence-corrected chi connectivity index (χ3v) is 3.87. The lowest BCUT2D eigenvalue weighted by Crippen LogP contribution is -2.35. The SMILES string of the molecule is C=C(C)C(=O)CN(CC(=O)C(=C)C)c1ccc(N=Nc2ccccc2)cc1.CC.CC. The lowest BCUT2D eigenvalue weighted by Gasteiger charge is -2.23. The molecule has 0 unspecified atom stereocenters. The van der Waals surface area contributed by atoms with Gasteiger partial charge in [-0.2, -0.15) is 10.2 Å². The van der Waals surface area contributed by atoms with E-state index in [-0.39, 0.29) is 24.7 Å². The molecule has 0 atom stereocenters. The summed E-state index contributed by atoms with van der Waals surface area (Å²) in [4.78, 5) is 25.9. The van der Waals surface area contributed by atoms with Gasteiger partial charge in [-0.15, -0.1) is 0 Å². The Labute approximate surface area is 187 Å². The van der Waals surface area contributed by atoms with E-state index in [4.69, 9.17) is 0 Å². The van der Waals surface area contributed by atoms with E-state index in [1.807, 2.05) is 70.2 Å². The Morgan fingerprint density at radius 1 is 0.710 bits per heavy atom. The molecule has 0 aliphatic rings. The molecular formula is C26H35N3O2. The van der Waals surface area contributed by atoms with Gasteiger partial charge in [0.1, 0.15) is 0 Å². The Balaban J connectivity index is 0.00000212. The Morgan fingerprint density at radius 3 is 1.48 bits per heavy atom.